The fourth-order valence-corrected chi connectivity index (χ4v) is 5.48. The quantitative estimate of drug-likeness (QED) is 0.526. The molecule has 0 radical (unpaired) electrons. The van der Waals surface area contributed by atoms with Crippen molar-refractivity contribution >= 4 is 50.6 Å². The predicted molar refractivity (Wildman–Crippen MR) is 122 cm³/mol. The first-order valence-electron chi connectivity index (χ1n) is 9.71. The van der Waals surface area contributed by atoms with Crippen LogP contribution in [0.2, 0.25) is 10.0 Å². The second kappa shape index (κ2) is 7.93. The molecule has 0 saturated heterocycles. The zero-order valence-electron chi connectivity index (χ0n) is 17.2. The van der Waals surface area contributed by atoms with Gasteiger partial charge in [-0.25, -0.2) is 18.3 Å². The van der Waals surface area contributed by atoms with Crippen molar-refractivity contribution in [3.8, 4) is 6.07 Å². The molecule has 7 nitrogen and oxygen atoms in total. The van der Waals surface area contributed by atoms with Crippen molar-refractivity contribution < 1.29 is 13.2 Å². The summed E-state index contributed by atoms with van der Waals surface area (Å²) in [5, 5.41) is 9.69. The molecule has 0 saturated carbocycles. The molecule has 1 atom stereocenters. The van der Waals surface area contributed by atoms with Gasteiger partial charge in [0, 0.05) is 16.5 Å². The minimum atomic E-state index is -3.67. The van der Waals surface area contributed by atoms with E-state index in [-0.39, 0.29) is 29.1 Å². The number of carbonyl (C=O) groups excluding carboxylic acids is 1. The van der Waals surface area contributed by atoms with Crippen LogP contribution in [-0.4, -0.2) is 29.6 Å². The Morgan fingerprint density at radius 2 is 1.75 bits per heavy atom. The summed E-state index contributed by atoms with van der Waals surface area (Å²) in [7, 11) is -3.67. The van der Waals surface area contributed by atoms with Crippen molar-refractivity contribution in [1.29, 1.82) is 5.26 Å². The molecule has 0 spiro atoms. The molecule has 0 aliphatic carbocycles. The molecule has 1 aliphatic rings. The molecule has 0 N–H and O–H groups in total. The molecule has 10 heteroatoms. The molecule has 1 aliphatic heterocycles. The molecular formula is C22H18Cl2N4O3S. The van der Waals surface area contributed by atoms with Gasteiger partial charge in [0.25, 0.3) is 5.91 Å². The van der Waals surface area contributed by atoms with E-state index in [1.165, 1.54) is 15.7 Å². The summed E-state index contributed by atoms with van der Waals surface area (Å²) in [5.41, 5.74) is 0.366. The van der Waals surface area contributed by atoms with E-state index in [1.807, 2.05) is 0 Å². The van der Waals surface area contributed by atoms with Crippen LogP contribution in [-0.2, 0) is 26.6 Å². The molecule has 2 aromatic carbocycles. The third kappa shape index (κ3) is 3.56. The second-order valence-electron chi connectivity index (χ2n) is 7.66. The highest BCUT2D eigenvalue weighted by Gasteiger charge is 2.51. The highest BCUT2D eigenvalue weighted by Crippen LogP contribution is 2.44. The highest BCUT2D eigenvalue weighted by atomic mass is 35.5. The molecule has 3 aromatic rings. The van der Waals surface area contributed by atoms with Crippen LogP contribution < -0.4 is 4.90 Å². The summed E-state index contributed by atoms with van der Waals surface area (Å²) in [6.45, 7) is 3.22. The van der Waals surface area contributed by atoms with Gasteiger partial charge in [-0.15, -0.1) is 0 Å². The zero-order chi connectivity index (χ0) is 23.3. The number of carbonyl (C=O) groups is 1. The van der Waals surface area contributed by atoms with Crippen molar-refractivity contribution in [2.24, 2.45) is 0 Å². The Bertz CT molecular complexity index is 1360. The van der Waals surface area contributed by atoms with Crippen LogP contribution in [0.3, 0.4) is 0 Å². The zero-order valence-corrected chi connectivity index (χ0v) is 19.5. The van der Waals surface area contributed by atoms with Crippen molar-refractivity contribution in [2.75, 3.05) is 10.7 Å². The lowest BCUT2D eigenvalue weighted by Gasteiger charge is -2.26. The number of fused-ring (bicyclic) bond motifs is 1. The molecule has 4 rings (SSSR count). The van der Waals surface area contributed by atoms with Gasteiger partial charge >= 0.3 is 0 Å². The van der Waals surface area contributed by atoms with Gasteiger partial charge in [-0.3, -0.25) is 9.36 Å². The number of aromatic nitrogens is 2. The van der Waals surface area contributed by atoms with E-state index in [2.05, 4.69) is 11.1 Å². The SMILES string of the molecule is CCS(=O)(=O)c1cnc2n1[C@](C)(Cc1ccc(C#N)cc1)C(=O)N2c1cc(Cl)cc(Cl)c1. The van der Waals surface area contributed by atoms with E-state index in [9.17, 15) is 13.2 Å². The van der Waals surface area contributed by atoms with Gasteiger partial charge in [0.2, 0.25) is 5.95 Å². The van der Waals surface area contributed by atoms with E-state index in [4.69, 9.17) is 28.5 Å². The number of halogens is 2. The van der Waals surface area contributed by atoms with Crippen molar-refractivity contribution in [1.82, 2.24) is 9.55 Å². The number of hydrogen-bond donors (Lipinski definition) is 0. The van der Waals surface area contributed by atoms with Gasteiger partial charge in [-0.05, 0) is 42.8 Å². The summed E-state index contributed by atoms with van der Waals surface area (Å²) in [5.74, 6) is -0.324. The Kier molecular flexibility index (Phi) is 5.53. The van der Waals surface area contributed by atoms with Gasteiger partial charge in [0.1, 0.15) is 5.54 Å². The van der Waals surface area contributed by atoms with Gasteiger partial charge in [-0.1, -0.05) is 42.3 Å². The summed E-state index contributed by atoms with van der Waals surface area (Å²) in [4.78, 5) is 19.4. The Balaban J connectivity index is 1.92. The van der Waals surface area contributed by atoms with Gasteiger partial charge in [0.05, 0.1) is 29.3 Å². The highest BCUT2D eigenvalue weighted by molar-refractivity contribution is 7.91. The van der Waals surface area contributed by atoms with Crippen LogP contribution in [0.1, 0.15) is 25.0 Å². The molecule has 1 aromatic heterocycles. The number of benzene rings is 2. The molecule has 32 heavy (non-hydrogen) atoms. The third-order valence-electron chi connectivity index (χ3n) is 5.50. The average molecular weight is 489 g/mol. The lowest BCUT2D eigenvalue weighted by atomic mass is 9.91. The van der Waals surface area contributed by atoms with Crippen molar-refractivity contribution in [2.45, 2.75) is 30.8 Å². The minimum absolute atomic E-state index is 0.0323. The third-order valence-corrected chi connectivity index (χ3v) is 7.63. The molecule has 0 bridgehead atoms. The first-order valence-corrected chi connectivity index (χ1v) is 12.1. The maximum absolute atomic E-state index is 13.8. The maximum Gasteiger partial charge on any atom is 0.260 e. The van der Waals surface area contributed by atoms with Crippen LogP contribution >= 0.6 is 23.2 Å². The summed E-state index contributed by atoms with van der Waals surface area (Å²) in [6, 6.07) is 13.6. The van der Waals surface area contributed by atoms with E-state index in [0.29, 0.717) is 21.3 Å². The first-order chi connectivity index (χ1) is 15.1. The fourth-order valence-electron chi connectivity index (χ4n) is 3.89. The van der Waals surface area contributed by atoms with E-state index < -0.39 is 15.4 Å². The predicted octanol–water partition coefficient (Wildman–Crippen LogP) is 4.49. The van der Waals surface area contributed by atoms with Gasteiger partial charge < -0.3 is 0 Å². The fraction of sp³-hybridized carbons (Fsp3) is 0.227. The van der Waals surface area contributed by atoms with Crippen LogP contribution in [0.5, 0.6) is 0 Å². The lowest BCUT2D eigenvalue weighted by molar-refractivity contribution is -0.124. The average Bonchev–Trinajstić information content (AvgIpc) is 3.27. The van der Waals surface area contributed by atoms with Gasteiger partial charge in [0.15, 0.2) is 14.9 Å². The monoisotopic (exact) mass is 488 g/mol. The number of anilines is 2. The van der Waals surface area contributed by atoms with Crippen LogP contribution in [0.25, 0.3) is 0 Å². The molecular weight excluding hydrogens is 471 g/mol. The molecule has 1 amide bonds. The Hall–Kier alpha value is -2.86. The molecule has 164 valence electrons. The van der Waals surface area contributed by atoms with Gasteiger partial charge in [-0.2, -0.15) is 5.26 Å². The number of sulfone groups is 1. The normalized spacial score (nSPS) is 18.0. The molecule has 0 unspecified atom stereocenters. The maximum atomic E-state index is 13.8. The number of imidazole rings is 1. The van der Waals surface area contributed by atoms with Crippen LogP contribution in [0.4, 0.5) is 11.6 Å². The Morgan fingerprint density at radius 3 is 2.31 bits per heavy atom. The number of rotatable bonds is 5. The Labute approximate surface area is 195 Å². The number of hydrogen-bond acceptors (Lipinski definition) is 5. The lowest BCUT2D eigenvalue weighted by Crippen LogP contribution is -2.42. The molecule has 0 fully saturated rings. The van der Waals surface area contributed by atoms with E-state index in [1.54, 1.807) is 56.3 Å². The summed E-state index contributed by atoms with van der Waals surface area (Å²) in [6.07, 6.45) is 1.47. The standard InChI is InChI=1S/C22H18Cl2N4O3S/c1-3-32(30,31)19-13-26-21-27(18-9-16(23)8-17(24)10-18)20(29)22(2,28(19)21)11-14-4-6-15(12-25)7-5-14/h4-10,13H,3,11H2,1-2H3/t22-/m1/s1. The second-order valence-corrected chi connectivity index (χ2v) is 10.8. The van der Waals surface area contributed by atoms with Crippen molar-refractivity contribution in [3.05, 3.63) is 69.8 Å². The number of amides is 1. The smallest absolute Gasteiger partial charge is 0.260 e. The van der Waals surface area contributed by atoms with E-state index in [0.717, 1.165) is 5.56 Å². The molecule has 2 heterocycles. The largest absolute Gasteiger partial charge is 0.285 e. The van der Waals surface area contributed by atoms with Crippen LogP contribution in [0, 0.1) is 11.3 Å². The summed E-state index contributed by atoms with van der Waals surface area (Å²) >= 11 is 12.3. The van der Waals surface area contributed by atoms with Crippen LogP contribution in [0.15, 0.2) is 53.7 Å². The van der Waals surface area contributed by atoms with E-state index >= 15 is 0 Å². The first kappa shape index (κ1) is 22.3. The Morgan fingerprint density at radius 1 is 1.12 bits per heavy atom. The van der Waals surface area contributed by atoms with Crippen molar-refractivity contribution in [3.63, 3.8) is 0 Å². The summed E-state index contributed by atoms with van der Waals surface area (Å²) < 4.78 is 27.1. The topological polar surface area (TPSA) is 96.1 Å². The minimum Gasteiger partial charge on any atom is -0.285 e. The number of nitriles is 1. The number of nitrogens with zero attached hydrogens (tertiary/aromatic N) is 4.